The second-order valence-corrected chi connectivity index (χ2v) is 9.90. The Balaban J connectivity index is 1.42. The first-order valence-corrected chi connectivity index (χ1v) is 13.1. The van der Waals surface area contributed by atoms with E-state index in [1.165, 1.54) is 6.42 Å². The molecule has 2 aliphatic heterocycles. The van der Waals surface area contributed by atoms with Crippen LogP contribution in [0.3, 0.4) is 0 Å². The number of hydrogen-bond acceptors (Lipinski definition) is 7. The van der Waals surface area contributed by atoms with Crippen molar-refractivity contribution in [3.63, 3.8) is 0 Å². The largest absolute Gasteiger partial charge is 0.466 e. The fourth-order valence-electron chi connectivity index (χ4n) is 5.67. The first kappa shape index (κ1) is 23.7. The maximum absolute atomic E-state index is 13.3. The Kier molecular flexibility index (Phi) is 7.25. The highest BCUT2D eigenvalue weighted by molar-refractivity contribution is 5.79. The van der Waals surface area contributed by atoms with Crippen molar-refractivity contribution >= 4 is 17.7 Å². The third-order valence-corrected chi connectivity index (χ3v) is 7.64. The second kappa shape index (κ2) is 10.7. The van der Waals surface area contributed by atoms with Gasteiger partial charge in [0.05, 0.1) is 24.8 Å². The van der Waals surface area contributed by atoms with Gasteiger partial charge in [0.1, 0.15) is 5.82 Å². The topological polar surface area (TPSA) is 88.5 Å². The number of ether oxygens (including phenoxy) is 1. The molecule has 1 aliphatic carbocycles. The van der Waals surface area contributed by atoms with Gasteiger partial charge < -0.3 is 14.5 Å². The van der Waals surface area contributed by atoms with Gasteiger partial charge >= 0.3 is 5.97 Å². The summed E-state index contributed by atoms with van der Waals surface area (Å²) in [6.45, 7) is 4.99. The predicted molar refractivity (Wildman–Crippen MR) is 133 cm³/mol. The van der Waals surface area contributed by atoms with Gasteiger partial charge in [0.15, 0.2) is 5.82 Å². The Labute approximate surface area is 207 Å². The van der Waals surface area contributed by atoms with Gasteiger partial charge in [-0.05, 0) is 44.7 Å². The summed E-state index contributed by atoms with van der Waals surface area (Å²) in [4.78, 5) is 44.1. The normalized spacial score (nSPS) is 19.3. The molecule has 186 valence electrons. The number of piperidine rings is 1. The summed E-state index contributed by atoms with van der Waals surface area (Å²) < 4.78 is 5.25. The van der Waals surface area contributed by atoms with Gasteiger partial charge in [-0.3, -0.25) is 14.6 Å². The molecule has 35 heavy (non-hydrogen) atoms. The zero-order valence-corrected chi connectivity index (χ0v) is 20.6. The van der Waals surface area contributed by atoms with E-state index in [-0.39, 0.29) is 17.8 Å². The van der Waals surface area contributed by atoms with E-state index < -0.39 is 0 Å². The fourth-order valence-corrected chi connectivity index (χ4v) is 5.67. The maximum atomic E-state index is 13.3. The van der Waals surface area contributed by atoms with E-state index in [0.717, 1.165) is 80.7 Å². The van der Waals surface area contributed by atoms with E-state index in [4.69, 9.17) is 14.7 Å². The van der Waals surface area contributed by atoms with Crippen LogP contribution in [0.4, 0.5) is 5.82 Å². The second-order valence-electron chi connectivity index (χ2n) is 9.90. The molecular weight excluding hydrogens is 442 g/mol. The summed E-state index contributed by atoms with van der Waals surface area (Å²) in [6, 6.07) is 3.88. The van der Waals surface area contributed by atoms with Crippen molar-refractivity contribution in [2.45, 2.75) is 64.8 Å². The third kappa shape index (κ3) is 5.16. The standard InChI is InChI=1S/C27H35N5O3/c1-2-35-27(34)20-10-14-31(15-11-20)25-22-18-32(26(33)19-7-4-3-5-8-19)16-12-23(22)29-24(30-25)21-9-6-13-28-17-21/h6,9,13,17,19-20H,2-5,7-8,10-12,14-16,18H2,1H3. The number of carbonyl (C=O) groups is 2. The third-order valence-electron chi connectivity index (χ3n) is 7.64. The lowest BCUT2D eigenvalue weighted by atomic mass is 9.87. The Morgan fingerprint density at radius 2 is 1.83 bits per heavy atom. The summed E-state index contributed by atoms with van der Waals surface area (Å²) in [5.41, 5.74) is 2.97. The molecule has 4 heterocycles. The van der Waals surface area contributed by atoms with E-state index in [1.54, 1.807) is 12.4 Å². The number of esters is 1. The van der Waals surface area contributed by atoms with Gasteiger partial charge in [-0.25, -0.2) is 9.97 Å². The highest BCUT2D eigenvalue weighted by Gasteiger charge is 2.33. The monoisotopic (exact) mass is 477 g/mol. The van der Waals surface area contributed by atoms with Crippen molar-refractivity contribution in [3.05, 3.63) is 35.8 Å². The zero-order valence-electron chi connectivity index (χ0n) is 20.6. The quantitative estimate of drug-likeness (QED) is 0.606. The highest BCUT2D eigenvalue weighted by atomic mass is 16.5. The average Bonchev–Trinajstić information content (AvgIpc) is 2.93. The minimum absolute atomic E-state index is 0.0639. The first-order valence-electron chi connectivity index (χ1n) is 13.1. The number of carbonyl (C=O) groups excluding carboxylic acids is 2. The Morgan fingerprint density at radius 3 is 2.54 bits per heavy atom. The van der Waals surface area contributed by atoms with E-state index in [2.05, 4.69) is 9.88 Å². The average molecular weight is 478 g/mol. The minimum atomic E-state index is -0.0998. The Hall–Kier alpha value is -3.03. The molecule has 0 unspecified atom stereocenters. The molecule has 0 bridgehead atoms. The fraction of sp³-hybridized carbons (Fsp3) is 0.593. The summed E-state index contributed by atoms with van der Waals surface area (Å²) >= 11 is 0. The number of fused-ring (bicyclic) bond motifs is 1. The lowest BCUT2D eigenvalue weighted by Gasteiger charge is -2.37. The molecule has 3 aliphatic rings. The smallest absolute Gasteiger partial charge is 0.309 e. The highest BCUT2D eigenvalue weighted by Crippen LogP contribution is 2.34. The van der Waals surface area contributed by atoms with Crippen LogP contribution in [0.5, 0.6) is 0 Å². The first-order chi connectivity index (χ1) is 17.1. The van der Waals surface area contributed by atoms with Gasteiger partial charge in [-0.15, -0.1) is 0 Å². The lowest BCUT2D eigenvalue weighted by Crippen LogP contribution is -2.43. The molecule has 0 spiro atoms. The molecule has 0 radical (unpaired) electrons. The number of rotatable bonds is 5. The summed E-state index contributed by atoms with van der Waals surface area (Å²) in [5, 5.41) is 0. The van der Waals surface area contributed by atoms with Gasteiger partial charge in [-0.1, -0.05) is 19.3 Å². The van der Waals surface area contributed by atoms with Crippen molar-refractivity contribution in [2.24, 2.45) is 11.8 Å². The van der Waals surface area contributed by atoms with Crippen molar-refractivity contribution in [1.82, 2.24) is 19.9 Å². The van der Waals surface area contributed by atoms with Crippen LogP contribution in [-0.4, -0.2) is 58.0 Å². The van der Waals surface area contributed by atoms with Crippen LogP contribution in [0.1, 0.15) is 63.1 Å². The van der Waals surface area contributed by atoms with Crippen LogP contribution < -0.4 is 4.90 Å². The molecule has 1 amide bonds. The Bertz CT molecular complexity index is 1050. The summed E-state index contributed by atoms with van der Waals surface area (Å²) in [5.74, 6) is 1.86. The molecule has 0 aromatic carbocycles. The molecule has 8 heteroatoms. The number of amides is 1. The molecule has 2 fully saturated rings. The molecule has 0 N–H and O–H groups in total. The van der Waals surface area contributed by atoms with E-state index >= 15 is 0 Å². The van der Waals surface area contributed by atoms with Crippen molar-refractivity contribution in [1.29, 1.82) is 0 Å². The molecule has 8 nitrogen and oxygen atoms in total. The minimum Gasteiger partial charge on any atom is -0.466 e. The number of nitrogens with zero attached hydrogens (tertiary/aromatic N) is 5. The van der Waals surface area contributed by atoms with Crippen LogP contribution >= 0.6 is 0 Å². The van der Waals surface area contributed by atoms with Crippen LogP contribution in [0.2, 0.25) is 0 Å². The predicted octanol–water partition coefficient (Wildman–Crippen LogP) is 3.78. The van der Waals surface area contributed by atoms with Gasteiger partial charge in [-0.2, -0.15) is 0 Å². The van der Waals surface area contributed by atoms with Gasteiger partial charge in [0.2, 0.25) is 5.91 Å². The van der Waals surface area contributed by atoms with Crippen molar-refractivity contribution in [2.75, 3.05) is 31.1 Å². The van der Waals surface area contributed by atoms with Crippen LogP contribution in [-0.2, 0) is 27.3 Å². The lowest BCUT2D eigenvalue weighted by molar-refractivity contribution is -0.148. The SMILES string of the molecule is CCOC(=O)C1CCN(c2nc(-c3cccnc3)nc3c2CN(C(=O)C2CCCCC2)CC3)CC1. The molecular formula is C27H35N5O3. The number of aromatic nitrogens is 3. The summed E-state index contributed by atoms with van der Waals surface area (Å²) in [6.07, 6.45) is 11.3. The number of hydrogen-bond donors (Lipinski definition) is 0. The van der Waals surface area contributed by atoms with Crippen LogP contribution in [0.15, 0.2) is 24.5 Å². The molecule has 1 saturated carbocycles. The number of pyridine rings is 1. The van der Waals surface area contributed by atoms with Crippen molar-refractivity contribution in [3.8, 4) is 11.4 Å². The zero-order chi connectivity index (χ0) is 24.2. The van der Waals surface area contributed by atoms with Gasteiger partial charge in [0, 0.05) is 55.5 Å². The van der Waals surface area contributed by atoms with E-state index in [9.17, 15) is 9.59 Å². The molecule has 2 aromatic heterocycles. The maximum Gasteiger partial charge on any atom is 0.309 e. The van der Waals surface area contributed by atoms with Crippen LogP contribution in [0.25, 0.3) is 11.4 Å². The number of anilines is 1. The van der Waals surface area contributed by atoms with Crippen molar-refractivity contribution < 1.29 is 14.3 Å². The molecule has 0 atom stereocenters. The Morgan fingerprint density at radius 1 is 1.03 bits per heavy atom. The molecule has 2 aromatic rings. The summed E-state index contributed by atoms with van der Waals surface area (Å²) in [7, 11) is 0. The van der Waals surface area contributed by atoms with E-state index in [0.29, 0.717) is 31.4 Å². The van der Waals surface area contributed by atoms with E-state index in [1.807, 2.05) is 24.0 Å². The van der Waals surface area contributed by atoms with Gasteiger partial charge in [0.25, 0.3) is 0 Å². The van der Waals surface area contributed by atoms with Crippen LogP contribution in [0, 0.1) is 11.8 Å². The molecule has 5 rings (SSSR count). The molecule has 1 saturated heterocycles.